The first-order valence-electron chi connectivity index (χ1n) is 5.78. The number of aliphatic imine (C=N–C) groups is 1. The molecule has 16 heavy (non-hydrogen) atoms. The van der Waals surface area contributed by atoms with Crippen LogP contribution in [-0.2, 0) is 0 Å². The van der Waals surface area contributed by atoms with Gasteiger partial charge in [0.1, 0.15) is 0 Å². The van der Waals surface area contributed by atoms with Crippen LogP contribution in [0.25, 0.3) is 0 Å². The van der Waals surface area contributed by atoms with E-state index in [-0.39, 0.29) is 0 Å². The van der Waals surface area contributed by atoms with Gasteiger partial charge < -0.3 is 10.6 Å². The Morgan fingerprint density at radius 1 is 1.38 bits per heavy atom. The summed E-state index contributed by atoms with van der Waals surface area (Å²) in [5.74, 6) is 2.37. The second-order valence-electron chi connectivity index (χ2n) is 4.22. The molecule has 0 aromatic heterocycles. The first-order chi connectivity index (χ1) is 7.85. The quantitative estimate of drug-likeness (QED) is 0.596. The van der Waals surface area contributed by atoms with E-state index >= 15 is 0 Å². The van der Waals surface area contributed by atoms with E-state index in [4.69, 9.17) is 0 Å². The lowest BCUT2D eigenvalue weighted by molar-refractivity contribution is 0.732. The SMILES string of the molecule is CN=C(NC)NCC1CC1c1ccccc1. The van der Waals surface area contributed by atoms with Crippen molar-refractivity contribution in [3.8, 4) is 0 Å². The van der Waals surface area contributed by atoms with Crippen molar-refractivity contribution in [1.29, 1.82) is 0 Å². The van der Waals surface area contributed by atoms with E-state index in [1.54, 1.807) is 7.05 Å². The first kappa shape index (κ1) is 11.0. The van der Waals surface area contributed by atoms with Crippen molar-refractivity contribution in [3.63, 3.8) is 0 Å². The van der Waals surface area contributed by atoms with Crippen molar-refractivity contribution in [2.45, 2.75) is 12.3 Å². The maximum atomic E-state index is 4.10. The molecule has 1 aliphatic rings. The first-order valence-corrected chi connectivity index (χ1v) is 5.78. The van der Waals surface area contributed by atoms with Crippen LogP contribution < -0.4 is 10.6 Å². The van der Waals surface area contributed by atoms with Gasteiger partial charge in [-0.3, -0.25) is 4.99 Å². The fourth-order valence-corrected chi connectivity index (χ4v) is 2.09. The highest BCUT2D eigenvalue weighted by Crippen LogP contribution is 2.46. The molecule has 1 aromatic rings. The molecule has 0 spiro atoms. The van der Waals surface area contributed by atoms with E-state index < -0.39 is 0 Å². The highest BCUT2D eigenvalue weighted by atomic mass is 15.2. The molecule has 0 amide bonds. The van der Waals surface area contributed by atoms with Crippen molar-refractivity contribution >= 4 is 5.96 Å². The van der Waals surface area contributed by atoms with Crippen LogP contribution in [0.1, 0.15) is 17.9 Å². The fourth-order valence-electron chi connectivity index (χ4n) is 2.09. The zero-order valence-corrected chi connectivity index (χ0v) is 9.90. The van der Waals surface area contributed by atoms with Crippen LogP contribution in [-0.4, -0.2) is 26.6 Å². The summed E-state index contributed by atoms with van der Waals surface area (Å²) >= 11 is 0. The van der Waals surface area contributed by atoms with Crippen LogP contribution in [0.5, 0.6) is 0 Å². The van der Waals surface area contributed by atoms with Crippen LogP contribution in [0.4, 0.5) is 0 Å². The highest BCUT2D eigenvalue weighted by Gasteiger charge is 2.37. The normalized spacial score (nSPS) is 24.0. The largest absolute Gasteiger partial charge is 0.359 e. The van der Waals surface area contributed by atoms with Gasteiger partial charge in [0, 0.05) is 20.6 Å². The smallest absolute Gasteiger partial charge is 0.190 e. The lowest BCUT2D eigenvalue weighted by Gasteiger charge is -2.07. The van der Waals surface area contributed by atoms with Gasteiger partial charge in [0.15, 0.2) is 5.96 Å². The van der Waals surface area contributed by atoms with Gasteiger partial charge >= 0.3 is 0 Å². The van der Waals surface area contributed by atoms with Gasteiger partial charge in [0.2, 0.25) is 0 Å². The molecule has 1 saturated carbocycles. The van der Waals surface area contributed by atoms with Crippen molar-refractivity contribution in [1.82, 2.24) is 10.6 Å². The highest BCUT2D eigenvalue weighted by molar-refractivity contribution is 5.79. The summed E-state index contributed by atoms with van der Waals surface area (Å²) in [6.45, 7) is 1.01. The van der Waals surface area contributed by atoms with E-state index in [1.165, 1.54) is 12.0 Å². The Morgan fingerprint density at radius 2 is 2.12 bits per heavy atom. The third kappa shape index (κ3) is 2.54. The molecule has 0 aliphatic heterocycles. The minimum atomic E-state index is 0.740. The Balaban J connectivity index is 1.80. The molecule has 2 N–H and O–H groups in total. The molecule has 0 saturated heterocycles. The van der Waals surface area contributed by atoms with Crippen LogP contribution in [0.3, 0.4) is 0 Å². The zero-order chi connectivity index (χ0) is 11.4. The molecule has 2 atom stereocenters. The van der Waals surface area contributed by atoms with Crippen molar-refractivity contribution in [3.05, 3.63) is 35.9 Å². The number of nitrogens with zero attached hydrogens (tertiary/aromatic N) is 1. The third-order valence-electron chi connectivity index (χ3n) is 3.14. The maximum Gasteiger partial charge on any atom is 0.190 e. The summed E-state index contributed by atoms with van der Waals surface area (Å²) in [5, 5.41) is 6.35. The van der Waals surface area contributed by atoms with Crippen LogP contribution in [0, 0.1) is 5.92 Å². The van der Waals surface area contributed by atoms with E-state index in [2.05, 4.69) is 46.0 Å². The van der Waals surface area contributed by atoms with Gasteiger partial charge in [-0.05, 0) is 23.8 Å². The van der Waals surface area contributed by atoms with E-state index in [0.717, 1.165) is 24.3 Å². The van der Waals surface area contributed by atoms with Crippen LogP contribution in [0.15, 0.2) is 35.3 Å². The summed E-state index contributed by atoms with van der Waals surface area (Å²) in [7, 11) is 3.68. The van der Waals surface area contributed by atoms with Crippen LogP contribution >= 0.6 is 0 Å². The Bertz CT molecular complexity index is 359. The molecule has 0 radical (unpaired) electrons. The molecule has 2 rings (SSSR count). The average Bonchev–Trinajstić information content (AvgIpc) is 3.11. The molecule has 0 heterocycles. The summed E-state index contributed by atoms with van der Waals surface area (Å²) < 4.78 is 0. The van der Waals surface area contributed by atoms with Gasteiger partial charge in [-0.2, -0.15) is 0 Å². The monoisotopic (exact) mass is 217 g/mol. The Kier molecular flexibility index (Phi) is 3.44. The van der Waals surface area contributed by atoms with Gasteiger partial charge in [0.05, 0.1) is 0 Å². The summed E-state index contributed by atoms with van der Waals surface area (Å²) in [4.78, 5) is 4.10. The number of benzene rings is 1. The number of rotatable bonds is 3. The Labute approximate surface area is 97.0 Å². The minimum Gasteiger partial charge on any atom is -0.359 e. The van der Waals surface area contributed by atoms with E-state index in [1.807, 2.05) is 7.05 Å². The molecule has 3 nitrogen and oxygen atoms in total. The van der Waals surface area contributed by atoms with Crippen molar-refractivity contribution in [2.75, 3.05) is 20.6 Å². The van der Waals surface area contributed by atoms with Crippen molar-refractivity contribution in [2.24, 2.45) is 10.9 Å². The molecule has 2 unspecified atom stereocenters. The summed E-state index contributed by atoms with van der Waals surface area (Å²) in [6, 6.07) is 10.7. The number of hydrogen-bond donors (Lipinski definition) is 2. The fraction of sp³-hybridized carbons (Fsp3) is 0.462. The molecular weight excluding hydrogens is 198 g/mol. The average molecular weight is 217 g/mol. The summed E-state index contributed by atoms with van der Waals surface area (Å²) in [5.41, 5.74) is 1.47. The lowest BCUT2D eigenvalue weighted by Crippen LogP contribution is -2.35. The summed E-state index contributed by atoms with van der Waals surface area (Å²) in [6.07, 6.45) is 1.29. The van der Waals surface area contributed by atoms with Gasteiger partial charge in [-0.15, -0.1) is 0 Å². The number of guanidine groups is 1. The standard InChI is InChI=1S/C13H19N3/c1-14-13(15-2)16-9-11-8-12(11)10-6-4-3-5-7-10/h3-7,11-12H,8-9H2,1-2H3,(H2,14,15,16). The van der Waals surface area contributed by atoms with Gasteiger partial charge in [-0.1, -0.05) is 30.3 Å². The number of hydrogen-bond acceptors (Lipinski definition) is 1. The molecule has 1 aliphatic carbocycles. The molecule has 0 bridgehead atoms. The topological polar surface area (TPSA) is 36.4 Å². The number of nitrogens with one attached hydrogen (secondary N) is 2. The molecule has 1 fully saturated rings. The lowest BCUT2D eigenvalue weighted by atomic mass is 10.1. The van der Waals surface area contributed by atoms with E-state index in [9.17, 15) is 0 Å². The maximum absolute atomic E-state index is 4.10. The molecule has 1 aromatic carbocycles. The zero-order valence-electron chi connectivity index (χ0n) is 9.90. The molecule has 3 heteroatoms. The second kappa shape index (κ2) is 5.01. The van der Waals surface area contributed by atoms with E-state index in [0.29, 0.717) is 0 Å². The predicted molar refractivity (Wildman–Crippen MR) is 67.7 cm³/mol. The van der Waals surface area contributed by atoms with Gasteiger partial charge in [0.25, 0.3) is 0 Å². The van der Waals surface area contributed by atoms with Crippen LogP contribution in [0.2, 0.25) is 0 Å². The molecular formula is C13H19N3. The van der Waals surface area contributed by atoms with Crippen molar-refractivity contribution < 1.29 is 0 Å². The van der Waals surface area contributed by atoms with Gasteiger partial charge in [-0.25, -0.2) is 0 Å². The Hall–Kier alpha value is -1.51. The minimum absolute atomic E-state index is 0.740. The second-order valence-corrected chi connectivity index (χ2v) is 4.22. The predicted octanol–water partition coefficient (Wildman–Crippen LogP) is 1.58. The Morgan fingerprint density at radius 3 is 2.75 bits per heavy atom. The third-order valence-corrected chi connectivity index (χ3v) is 3.14. The molecule has 86 valence electrons.